The lowest BCUT2D eigenvalue weighted by atomic mass is 9.93. The zero-order valence-corrected chi connectivity index (χ0v) is 14.5. The van der Waals surface area contributed by atoms with Crippen LogP contribution in [0.4, 0.5) is 0 Å². The molecule has 0 spiro atoms. The van der Waals surface area contributed by atoms with E-state index in [4.69, 9.17) is 5.10 Å². The Morgan fingerprint density at radius 2 is 2.04 bits per heavy atom. The maximum atomic E-state index is 9.65. The monoisotopic (exact) mass is 321 g/mol. The van der Waals surface area contributed by atoms with Gasteiger partial charge in [0.1, 0.15) is 11.6 Å². The van der Waals surface area contributed by atoms with Crippen LogP contribution in [0.25, 0.3) is 16.6 Å². The highest BCUT2D eigenvalue weighted by Gasteiger charge is 2.20. The lowest BCUT2D eigenvalue weighted by molar-refractivity contribution is 0.553. The van der Waals surface area contributed by atoms with Crippen molar-refractivity contribution in [3.63, 3.8) is 0 Å². The predicted octanol–water partition coefficient (Wildman–Crippen LogP) is 4.29. The molecule has 1 atom stereocenters. The SMILES string of the molecule is CCCCC(CC)c1nn2cc(-c3cnn(C)c3)ccc2c1C#N. The molecule has 1 unspecified atom stereocenters. The van der Waals surface area contributed by atoms with Crippen LogP contribution in [-0.4, -0.2) is 19.4 Å². The van der Waals surface area contributed by atoms with E-state index in [0.717, 1.165) is 53.6 Å². The van der Waals surface area contributed by atoms with Gasteiger partial charge in [-0.2, -0.15) is 15.5 Å². The van der Waals surface area contributed by atoms with Gasteiger partial charge in [0.15, 0.2) is 0 Å². The van der Waals surface area contributed by atoms with Crippen molar-refractivity contribution in [2.24, 2.45) is 7.05 Å². The van der Waals surface area contributed by atoms with Crippen LogP contribution in [-0.2, 0) is 7.05 Å². The Hall–Kier alpha value is -2.61. The van der Waals surface area contributed by atoms with Crippen LogP contribution in [0.2, 0.25) is 0 Å². The first-order valence-electron chi connectivity index (χ1n) is 8.59. The largest absolute Gasteiger partial charge is 0.275 e. The molecule has 5 nitrogen and oxygen atoms in total. The van der Waals surface area contributed by atoms with Gasteiger partial charge in [0, 0.05) is 36.5 Å². The van der Waals surface area contributed by atoms with E-state index in [-0.39, 0.29) is 0 Å². The first kappa shape index (κ1) is 16.3. The molecular formula is C19H23N5. The van der Waals surface area contributed by atoms with Crippen molar-refractivity contribution in [1.82, 2.24) is 19.4 Å². The lowest BCUT2D eigenvalue weighted by Crippen LogP contribution is -2.01. The summed E-state index contributed by atoms with van der Waals surface area (Å²) in [5, 5.41) is 18.6. The number of unbranched alkanes of at least 4 members (excludes halogenated alkanes) is 1. The summed E-state index contributed by atoms with van der Waals surface area (Å²) in [6, 6.07) is 6.40. The van der Waals surface area contributed by atoms with Crippen molar-refractivity contribution in [1.29, 1.82) is 5.26 Å². The highest BCUT2D eigenvalue weighted by atomic mass is 15.2. The zero-order valence-electron chi connectivity index (χ0n) is 14.5. The zero-order chi connectivity index (χ0) is 17.1. The summed E-state index contributed by atoms with van der Waals surface area (Å²) in [5.74, 6) is 0.348. The van der Waals surface area contributed by atoms with E-state index in [1.54, 1.807) is 4.68 Å². The van der Waals surface area contributed by atoms with Crippen LogP contribution >= 0.6 is 0 Å². The van der Waals surface area contributed by atoms with E-state index in [9.17, 15) is 5.26 Å². The molecule has 0 radical (unpaired) electrons. The average Bonchev–Trinajstić information content (AvgIpc) is 3.18. The van der Waals surface area contributed by atoms with Crippen LogP contribution in [0.3, 0.4) is 0 Å². The van der Waals surface area contributed by atoms with E-state index in [1.165, 1.54) is 0 Å². The molecule has 0 saturated heterocycles. The molecule has 0 bridgehead atoms. The molecule has 0 N–H and O–H groups in total. The summed E-state index contributed by atoms with van der Waals surface area (Å²) in [5.41, 5.74) is 4.64. The highest BCUT2D eigenvalue weighted by Crippen LogP contribution is 2.30. The normalized spacial score (nSPS) is 12.4. The molecule has 0 aliphatic heterocycles. The van der Waals surface area contributed by atoms with Crippen LogP contribution < -0.4 is 0 Å². The van der Waals surface area contributed by atoms with E-state index in [2.05, 4.69) is 25.0 Å². The second-order valence-corrected chi connectivity index (χ2v) is 6.27. The Morgan fingerprint density at radius 3 is 2.67 bits per heavy atom. The lowest BCUT2D eigenvalue weighted by Gasteiger charge is -2.11. The number of aryl methyl sites for hydroxylation is 1. The summed E-state index contributed by atoms with van der Waals surface area (Å²) < 4.78 is 3.64. The number of nitrogens with zero attached hydrogens (tertiary/aromatic N) is 5. The van der Waals surface area contributed by atoms with Crippen LogP contribution in [0.1, 0.15) is 56.7 Å². The molecule has 0 aliphatic rings. The number of fused-ring (bicyclic) bond motifs is 1. The first-order valence-corrected chi connectivity index (χ1v) is 8.59. The van der Waals surface area contributed by atoms with Gasteiger partial charge in [-0.25, -0.2) is 4.52 Å². The fraction of sp³-hybridized carbons (Fsp3) is 0.421. The molecule has 3 heterocycles. The number of hydrogen-bond acceptors (Lipinski definition) is 3. The molecule has 0 fully saturated rings. The molecule has 24 heavy (non-hydrogen) atoms. The van der Waals surface area contributed by atoms with Crippen molar-refractivity contribution in [2.75, 3.05) is 0 Å². The predicted molar refractivity (Wildman–Crippen MR) is 94.7 cm³/mol. The maximum Gasteiger partial charge on any atom is 0.103 e. The third-order valence-corrected chi connectivity index (χ3v) is 4.59. The quantitative estimate of drug-likeness (QED) is 0.680. The van der Waals surface area contributed by atoms with Gasteiger partial charge in [0.25, 0.3) is 0 Å². The standard InChI is InChI=1S/C19H23N5/c1-4-6-7-14(5-2)19-17(10-20)18-9-8-15(13-24(18)22-19)16-11-21-23(3)12-16/h8-9,11-14H,4-7H2,1-3H3. The highest BCUT2D eigenvalue weighted by molar-refractivity contribution is 5.69. The van der Waals surface area contributed by atoms with Gasteiger partial charge < -0.3 is 0 Å². The number of hydrogen-bond donors (Lipinski definition) is 0. The van der Waals surface area contributed by atoms with Gasteiger partial charge >= 0.3 is 0 Å². The van der Waals surface area contributed by atoms with Gasteiger partial charge in [0.2, 0.25) is 0 Å². The third kappa shape index (κ3) is 2.92. The Morgan fingerprint density at radius 1 is 1.21 bits per heavy atom. The van der Waals surface area contributed by atoms with Crippen LogP contribution in [0.15, 0.2) is 30.7 Å². The molecule has 3 aromatic heterocycles. The van der Waals surface area contributed by atoms with Gasteiger partial charge in [-0.3, -0.25) is 4.68 Å². The fourth-order valence-corrected chi connectivity index (χ4v) is 3.19. The second kappa shape index (κ2) is 6.88. The Kier molecular flexibility index (Phi) is 4.66. The third-order valence-electron chi connectivity index (χ3n) is 4.59. The average molecular weight is 321 g/mol. The second-order valence-electron chi connectivity index (χ2n) is 6.27. The molecule has 3 aromatic rings. The van der Waals surface area contributed by atoms with Crippen LogP contribution in [0, 0.1) is 11.3 Å². The van der Waals surface area contributed by atoms with Gasteiger partial charge in [-0.05, 0) is 18.9 Å². The minimum Gasteiger partial charge on any atom is -0.275 e. The number of rotatable bonds is 6. The molecule has 5 heteroatoms. The van der Waals surface area contributed by atoms with Gasteiger partial charge in [-0.1, -0.05) is 32.8 Å². The van der Waals surface area contributed by atoms with Crippen molar-refractivity contribution in [2.45, 2.75) is 45.4 Å². The Bertz CT molecular complexity index is 881. The molecule has 0 amide bonds. The van der Waals surface area contributed by atoms with Crippen molar-refractivity contribution in [3.8, 4) is 17.2 Å². The van der Waals surface area contributed by atoms with Crippen molar-refractivity contribution < 1.29 is 0 Å². The summed E-state index contributed by atoms with van der Waals surface area (Å²) in [7, 11) is 1.90. The Balaban J connectivity index is 2.06. The summed E-state index contributed by atoms with van der Waals surface area (Å²) >= 11 is 0. The summed E-state index contributed by atoms with van der Waals surface area (Å²) in [4.78, 5) is 0. The van der Waals surface area contributed by atoms with E-state index >= 15 is 0 Å². The number of nitriles is 1. The molecule has 3 rings (SSSR count). The van der Waals surface area contributed by atoms with Crippen LogP contribution in [0.5, 0.6) is 0 Å². The van der Waals surface area contributed by atoms with E-state index in [0.29, 0.717) is 5.92 Å². The van der Waals surface area contributed by atoms with Gasteiger partial charge in [0.05, 0.1) is 17.4 Å². The topological polar surface area (TPSA) is 58.9 Å². The van der Waals surface area contributed by atoms with Crippen molar-refractivity contribution >= 4 is 5.52 Å². The molecule has 0 saturated carbocycles. The van der Waals surface area contributed by atoms with Gasteiger partial charge in [-0.15, -0.1) is 0 Å². The summed E-state index contributed by atoms with van der Waals surface area (Å²) in [6.07, 6.45) is 10.2. The van der Waals surface area contributed by atoms with E-state index < -0.39 is 0 Å². The molecule has 124 valence electrons. The van der Waals surface area contributed by atoms with E-state index in [1.807, 2.05) is 42.3 Å². The fourth-order valence-electron chi connectivity index (χ4n) is 3.19. The summed E-state index contributed by atoms with van der Waals surface area (Å²) in [6.45, 7) is 4.37. The minimum atomic E-state index is 0.348. The molecular weight excluding hydrogens is 298 g/mol. The maximum absolute atomic E-state index is 9.65. The number of aromatic nitrogens is 4. The molecule has 0 aromatic carbocycles. The first-order chi connectivity index (χ1) is 11.7. The number of pyridine rings is 1. The van der Waals surface area contributed by atoms with Crippen molar-refractivity contribution in [3.05, 3.63) is 42.0 Å². The minimum absolute atomic E-state index is 0.348. The smallest absolute Gasteiger partial charge is 0.103 e. The Labute approximate surface area is 142 Å². The molecule has 0 aliphatic carbocycles.